The molecule has 5 aliphatic rings. The summed E-state index contributed by atoms with van der Waals surface area (Å²) < 4.78 is 0. The first-order valence-electron chi connectivity index (χ1n) is 14.0. The summed E-state index contributed by atoms with van der Waals surface area (Å²) in [6.45, 7) is 16.5. The van der Waals surface area contributed by atoms with Gasteiger partial charge in [-0.15, -0.1) is 0 Å². The highest BCUT2D eigenvalue weighted by molar-refractivity contribution is 5.87. The fourth-order valence-electron chi connectivity index (χ4n) is 11.7. The summed E-state index contributed by atoms with van der Waals surface area (Å²) in [6, 6.07) is 0. The van der Waals surface area contributed by atoms with Crippen molar-refractivity contribution in [1.29, 1.82) is 0 Å². The van der Waals surface area contributed by atoms with Crippen LogP contribution in [0.3, 0.4) is 0 Å². The normalized spacial score (nSPS) is 53.6. The first-order valence-corrected chi connectivity index (χ1v) is 14.0. The molecule has 0 heterocycles. The van der Waals surface area contributed by atoms with Gasteiger partial charge < -0.3 is 10.2 Å². The maximum Gasteiger partial charge on any atom is 0.141 e. The van der Waals surface area contributed by atoms with Crippen LogP contribution in [0.5, 0.6) is 0 Å². The second kappa shape index (κ2) is 7.09. The predicted octanol–water partition coefficient (Wildman–Crippen LogP) is 6.40. The number of carbonyl (C=O) groups is 1. The lowest BCUT2D eigenvalue weighted by atomic mass is 9.31. The van der Waals surface area contributed by atoms with Crippen LogP contribution in [0.2, 0.25) is 0 Å². The minimum Gasteiger partial charge on any atom is -0.395 e. The van der Waals surface area contributed by atoms with Crippen molar-refractivity contribution in [2.24, 2.45) is 56.7 Å². The third kappa shape index (κ3) is 2.85. The maximum atomic E-state index is 13.7. The van der Waals surface area contributed by atoms with Crippen LogP contribution in [0.4, 0.5) is 0 Å². The molecule has 33 heavy (non-hydrogen) atoms. The average Bonchev–Trinajstić information content (AvgIpc) is 3.08. The van der Waals surface area contributed by atoms with Crippen molar-refractivity contribution >= 4 is 5.78 Å². The zero-order valence-electron chi connectivity index (χ0n) is 22.5. The number of rotatable bonds is 2. The third-order valence-electron chi connectivity index (χ3n) is 13.5. The van der Waals surface area contributed by atoms with E-state index >= 15 is 0 Å². The molecule has 0 spiro atoms. The number of ketones is 1. The molecule has 0 radical (unpaired) electrons. The van der Waals surface area contributed by atoms with Crippen LogP contribution in [0.1, 0.15) is 113 Å². The Morgan fingerprint density at radius 2 is 1.42 bits per heavy atom. The zero-order valence-corrected chi connectivity index (χ0v) is 22.5. The highest BCUT2D eigenvalue weighted by Crippen LogP contribution is 2.77. The highest BCUT2D eigenvalue weighted by Gasteiger charge is 2.73. The van der Waals surface area contributed by atoms with Gasteiger partial charge in [0, 0.05) is 6.42 Å². The van der Waals surface area contributed by atoms with Crippen molar-refractivity contribution < 1.29 is 15.0 Å². The van der Waals surface area contributed by atoms with Crippen LogP contribution in [0.25, 0.3) is 0 Å². The summed E-state index contributed by atoms with van der Waals surface area (Å²) in [5.41, 5.74) is -0.429. The lowest BCUT2D eigenvalue weighted by Crippen LogP contribution is -2.69. The molecule has 3 heteroatoms. The van der Waals surface area contributed by atoms with Crippen molar-refractivity contribution in [2.45, 2.75) is 118 Å². The van der Waals surface area contributed by atoms with Gasteiger partial charge in [-0.05, 0) is 123 Å². The number of carbonyl (C=O) groups excluding carboxylic acids is 1. The van der Waals surface area contributed by atoms with E-state index in [9.17, 15) is 15.0 Å². The van der Waals surface area contributed by atoms with Gasteiger partial charge in [0.1, 0.15) is 5.78 Å². The van der Waals surface area contributed by atoms with Crippen LogP contribution in [0, 0.1) is 56.7 Å². The van der Waals surface area contributed by atoms with Crippen molar-refractivity contribution in [2.75, 3.05) is 6.61 Å². The van der Waals surface area contributed by atoms with E-state index in [-0.39, 0.29) is 28.3 Å². The molecule has 0 aromatic carbocycles. The Morgan fingerprint density at radius 3 is 2.06 bits per heavy atom. The van der Waals surface area contributed by atoms with E-state index in [0.717, 1.165) is 25.7 Å². The van der Waals surface area contributed by atoms with Crippen LogP contribution in [-0.4, -0.2) is 28.2 Å². The molecule has 0 aromatic heterocycles. The molecular formula is C30H50O3. The Labute approximate surface area is 202 Å². The van der Waals surface area contributed by atoms with Gasteiger partial charge in [-0.1, -0.05) is 34.6 Å². The molecule has 0 aliphatic heterocycles. The fraction of sp³-hybridized carbons (Fsp3) is 0.967. The maximum absolute atomic E-state index is 13.7. The molecular weight excluding hydrogens is 408 g/mol. The Morgan fingerprint density at radius 1 is 0.818 bits per heavy atom. The highest BCUT2D eigenvalue weighted by atomic mass is 16.3. The van der Waals surface area contributed by atoms with E-state index < -0.39 is 11.0 Å². The third-order valence-corrected chi connectivity index (χ3v) is 13.5. The van der Waals surface area contributed by atoms with Gasteiger partial charge in [0.05, 0.1) is 17.6 Å². The minimum atomic E-state index is -0.601. The molecule has 3 nitrogen and oxygen atoms in total. The molecule has 5 aliphatic carbocycles. The predicted molar refractivity (Wildman–Crippen MR) is 133 cm³/mol. The summed E-state index contributed by atoms with van der Waals surface area (Å²) in [4.78, 5) is 13.7. The van der Waals surface area contributed by atoms with E-state index in [4.69, 9.17) is 0 Å². The SMILES string of the molecule is CC(C)(O)[C@H]1CC[C@]2(C)[C@H]3CC[C@@H]4[C@@]5(CO)C(=O)CCC(C)(C)[C@@H]5CC[C@@]4(C)[C@]3(C)CC[C@@H]12. The second-order valence-electron chi connectivity index (χ2n) is 15.2. The number of Topliss-reactive ketones (excluding diaryl/α,β-unsaturated/α-hetero) is 1. The van der Waals surface area contributed by atoms with E-state index in [1.165, 1.54) is 32.1 Å². The standard InChI is InChI=1S/C30H50O3/c1-25(2)14-13-24(32)30(18-31)21(25)12-17-29(7)23(30)9-8-22-27(5)15-10-19(26(3,4)33)20(27)11-16-28(22,29)6/h19-23,31,33H,8-18H2,1-7H3/t19-,20-,21-,22+,23-,27-,28+,29+,30-/m0/s1. The number of hydrogen-bond donors (Lipinski definition) is 2. The molecule has 5 fully saturated rings. The average molecular weight is 459 g/mol. The topological polar surface area (TPSA) is 57.5 Å². The van der Waals surface area contributed by atoms with Crippen LogP contribution >= 0.6 is 0 Å². The van der Waals surface area contributed by atoms with E-state index in [1.54, 1.807) is 0 Å². The summed E-state index contributed by atoms with van der Waals surface area (Å²) in [6.07, 6.45) is 11.0. The van der Waals surface area contributed by atoms with Gasteiger partial charge in [0.25, 0.3) is 0 Å². The molecule has 9 atom stereocenters. The van der Waals surface area contributed by atoms with Crippen LogP contribution < -0.4 is 0 Å². The van der Waals surface area contributed by atoms with Gasteiger partial charge in [0.15, 0.2) is 0 Å². The molecule has 0 unspecified atom stereocenters. The number of fused-ring (bicyclic) bond motifs is 7. The molecule has 5 rings (SSSR count). The summed E-state index contributed by atoms with van der Waals surface area (Å²) in [5, 5.41) is 22.0. The smallest absolute Gasteiger partial charge is 0.141 e. The van der Waals surface area contributed by atoms with Gasteiger partial charge >= 0.3 is 0 Å². The van der Waals surface area contributed by atoms with Crippen molar-refractivity contribution in [1.82, 2.24) is 0 Å². The largest absolute Gasteiger partial charge is 0.395 e. The second-order valence-corrected chi connectivity index (χ2v) is 15.2. The monoisotopic (exact) mass is 458 g/mol. The molecule has 188 valence electrons. The fourth-order valence-corrected chi connectivity index (χ4v) is 11.7. The first-order chi connectivity index (χ1) is 15.2. The molecule has 0 aromatic rings. The summed E-state index contributed by atoms with van der Waals surface area (Å²) >= 11 is 0. The van der Waals surface area contributed by atoms with Gasteiger partial charge in [0.2, 0.25) is 0 Å². The van der Waals surface area contributed by atoms with E-state index in [2.05, 4.69) is 34.6 Å². The lowest BCUT2D eigenvalue weighted by molar-refractivity contribution is -0.246. The van der Waals surface area contributed by atoms with Crippen LogP contribution in [-0.2, 0) is 4.79 Å². The Bertz CT molecular complexity index is 825. The Hall–Kier alpha value is -0.410. The van der Waals surface area contributed by atoms with Crippen molar-refractivity contribution in [3.8, 4) is 0 Å². The van der Waals surface area contributed by atoms with E-state index in [1.807, 2.05) is 13.8 Å². The Kier molecular flexibility index (Phi) is 5.22. The lowest BCUT2D eigenvalue weighted by Gasteiger charge is -2.72. The number of aliphatic hydroxyl groups excluding tert-OH is 1. The quantitative estimate of drug-likeness (QED) is 0.503. The Balaban J connectivity index is 1.56. The molecule has 0 saturated heterocycles. The molecule has 0 bridgehead atoms. The van der Waals surface area contributed by atoms with Crippen molar-refractivity contribution in [3.63, 3.8) is 0 Å². The van der Waals surface area contributed by atoms with Crippen molar-refractivity contribution in [3.05, 3.63) is 0 Å². The van der Waals surface area contributed by atoms with Crippen LogP contribution in [0.15, 0.2) is 0 Å². The first kappa shape index (κ1) is 24.3. The summed E-state index contributed by atoms with van der Waals surface area (Å²) in [5.74, 6) is 2.64. The zero-order chi connectivity index (χ0) is 24.2. The number of aliphatic hydroxyl groups is 2. The van der Waals surface area contributed by atoms with Gasteiger partial charge in [-0.3, -0.25) is 4.79 Å². The number of hydrogen-bond acceptors (Lipinski definition) is 3. The molecule has 0 amide bonds. The van der Waals surface area contributed by atoms with Gasteiger partial charge in [-0.2, -0.15) is 0 Å². The molecule has 5 saturated carbocycles. The van der Waals surface area contributed by atoms with E-state index in [0.29, 0.717) is 41.8 Å². The molecule has 2 N–H and O–H groups in total. The minimum absolute atomic E-state index is 0.0433. The summed E-state index contributed by atoms with van der Waals surface area (Å²) in [7, 11) is 0. The van der Waals surface area contributed by atoms with Gasteiger partial charge in [-0.25, -0.2) is 0 Å².